The summed E-state index contributed by atoms with van der Waals surface area (Å²) in [4.78, 5) is 41.0. The quantitative estimate of drug-likeness (QED) is 0.382. The van der Waals surface area contributed by atoms with Gasteiger partial charge < -0.3 is 19.8 Å². The normalized spacial score (nSPS) is 17.6. The van der Waals surface area contributed by atoms with Crippen LogP contribution in [0.3, 0.4) is 0 Å². The van der Waals surface area contributed by atoms with Crippen molar-refractivity contribution < 1.29 is 28.9 Å². The second kappa shape index (κ2) is 8.53. The largest absolute Gasteiger partial charge is 0.394 e. The molecule has 0 bridgehead atoms. The molecule has 9 nitrogen and oxygen atoms in total. The number of nitrogens with zero attached hydrogens (tertiary/aromatic N) is 3. The molecule has 1 aromatic carbocycles. The average Bonchev–Trinajstić information content (AvgIpc) is 3.01. The van der Waals surface area contributed by atoms with Crippen LogP contribution in [0.25, 0.3) is 0 Å². The molecule has 10 heteroatoms. The van der Waals surface area contributed by atoms with Crippen molar-refractivity contribution >= 4 is 23.5 Å². The van der Waals surface area contributed by atoms with E-state index in [2.05, 4.69) is 10.3 Å². The molecule has 1 saturated heterocycles. The highest BCUT2D eigenvalue weighted by atomic mass is 19.1. The molecule has 2 heterocycles. The van der Waals surface area contributed by atoms with Crippen molar-refractivity contribution in [2.45, 2.75) is 32.4 Å². The minimum Gasteiger partial charge on any atom is -0.394 e. The van der Waals surface area contributed by atoms with Gasteiger partial charge in [0.05, 0.1) is 25.4 Å². The van der Waals surface area contributed by atoms with Gasteiger partial charge in [0.2, 0.25) is 17.6 Å². The molecule has 1 aromatic rings. The van der Waals surface area contributed by atoms with Gasteiger partial charge in [0.1, 0.15) is 6.04 Å². The van der Waals surface area contributed by atoms with Crippen LogP contribution >= 0.6 is 0 Å². The Morgan fingerprint density at radius 3 is 3.00 bits per heavy atom. The molecule has 0 aliphatic carbocycles. The van der Waals surface area contributed by atoms with E-state index in [1.807, 2.05) is 6.92 Å². The lowest BCUT2D eigenvalue weighted by molar-refractivity contribution is -0.209. The number of guanidine groups is 1. The summed E-state index contributed by atoms with van der Waals surface area (Å²) in [5.74, 6) is -0.821. The highest BCUT2D eigenvalue weighted by Crippen LogP contribution is 2.35. The van der Waals surface area contributed by atoms with E-state index in [1.54, 1.807) is 18.0 Å². The maximum absolute atomic E-state index is 14.8. The first-order valence-electron chi connectivity index (χ1n) is 9.08. The lowest BCUT2D eigenvalue weighted by Crippen LogP contribution is -2.39. The molecule has 0 radical (unpaired) electrons. The van der Waals surface area contributed by atoms with E-state index in [0.717, 1.165) is 0 Å². The van der Waals surface area contributed by atoms with Crippen LogP contribution in [0.15, 0.2) is 17.1 Å². The van der Waals surface area contributed by atoms with Gasteiger partial charge in [0, 0.05) is 25.6 Å². The lowest BCUT2D eigenvalue weighted by atomic mass is 10.1. The summed E-state index contributed by atoms with van der Waals surface area (Å²) in [5.41, 5.74) is 0.628. The van der Waals surface area contributed by atoms with Crippen LogP contribution in [0.2, 0.25) is 0 Å². The lowest BCUT2D eigenvalue weighted by Gasteiger charge is -2.27. The first-order valence-corrected chi connectivity index (χ1v) is 9.08. The maximum atomic E-state index is 14.8. The van der Waals surface area contributed by atoms with Crippen molar-refractivity contribution in [3.05, 3.63) is 23.5 Å². The highest BCUT2D eigenvalue weighted by molar-refractivity contribution is 6.07. The Bertz CT molecular complexity index is 800. The molecule has 28 heavy (non-hydrogen) atoms. The molecule has 0 saturated carbocycles. The van der Waals surface area contributed by atoms with Gasteiger partial charge in [0.15, 0.2) is 5.82 Å². The summed E-state index contributed by atoms with van der Waals surface area (Å²) in [7, 11) is 1.72. The fraction of sp³-hybridized carbons (Fsp3) is 0.500. The number of amides is 2. The highest BCUT2D eigenvalue weighted by Gasteiger charge is 2.39. The fourth-order valence-corrected chi connectivity index (χ4v) is 2.96. The molecule has 2 aliphatic rings. The number of nitrogens with one attached hydrogen (secondary N) is 1. The molecule has 1 atom stereocenters. The van der Waals surface area contributed by atoms with Crippen molar-refractivity contribution in [2.75, 3.05) is 26.8 Å². The standard InChI is InChI=1S/C18H23FN4O5/c1-3-22(2)15(25)5-4-8-27-28-14-7-6-12-11(16(14)19)9-23-13(10-24)17(26)21-18(23)20-12/h6-7,13,24H,3-5,8-10H2,1-2H3,(H,20,21,26). The molecule has 0 spiro atoms. The Balaban J connectivity index is 1.59. The molecule has 3 rings (SSSR count). The van der Waals surface area contributed by atoms with Gasteiger partial charge in [-0.3, -0.25) is 14.9 Å². The van der Waals surface area contributed by atoms with Crippen LogP contribution in [0, 0.1) is 5.82 Å². The van der Waals surface area contributed by atoms with Crippen molar-refractivity contribution in [1.82, 2.24) is 15.1 Å². The first-order chi connectivity index (χ1) is 13.5. The summed E-state index contributed by atoms with van der Waals surface area (Å²) in [6, 6.07) is 2.16. The summed E-state index contributed by atoms with van der Waals surface area (Å²) < 4.78 is 14.8. The van der Waals surface area contributed by atoms with E-state index in [-0.39, 0.29) is 36.3 Å². The number of aliphatic hydroxyl groups excluding tert-OH is 1. The van der Waals surface area contributed by atoms with E-state index >= 15 is 0 Å². The van der Waals surface area contributed by atoms with Crippen LogP contribution in [0.5, 0.6) is 5.75 Å². The van der Waals surface area contributed by atoms with E-state index in [9.17, 15) is 19.1 Å². The third-order valence-corrected chi connectivity index (χ3v) is 4.76. The number of aliphatic hydroxyl groups is 1. The van der Waals surface area contributed by atoms with E-state index in [0.29, 0.717) is 31.0 Å². The van der Waals surface area contributed by atoms with Gasteiger partial charge in [-0.2, -0.15) is 4.89 Å². The van der Waals surface area contributed by atoms with Gasteiger partial charge in [-0.1, -0.05) is 0 Å². The molecular weight excluding hydrogens is 371 g/mol. The molecular formula is C18H23FN4O5. The van der Waals surface area contributed by atoms with Crippen molar-refractivity contribution in [3.63, 3.8) is 0 Å². The second-order valence-corrected chi connectivity index (χ2v) is 6.54. The van der Waals surface area contributed by atoms with Gasteiger partial charge in [0.25, 0.3) is 5.91 Å². The van der Waals surface area contributed by atoms with Gasteiger partial charge >= 0.3 is 0 Å². The van der Waals surface area contributed by atoms with Crippen LogP contribution in [-0.4, -0.2) is 65.5 Å². The van der Waals surface area contributed by atoms with Crippen LogP contribution in [0.1, 0.15) is 25.3 Å². The van der Waals surface area contributed by atoms with Crippen molar-refractivity contribution in [2.24, 2.45) is 4.99 Å². The Labute approximate surface area is 161 Å². The predicted molar refractivity (Wildman–Crippen MR) is 97.2 cm³/mol. The van der Waals surface area contributed by atoms with E-state index in [1.165, 1.54) is 11.0 Å². The molecule has 2 amide bonds. The number of carbonyl (C=O) groups is 2. The smallest absolute Gasteiger partial charge is 0.251 e. The Morgan fingerprint density at radius 1 is 1.50 bits per heavy atom. The molecule has 1 unspecified atom stereocenters. The van der Waals surface area contributed by atoms with Crippen LogP contribution in [-0.2, 0) is 21.0 Å². The minimum atomic E-state index is -0.800. The number of benzene rings is 1. The molecule has 2 aliphatic heterocycles. The molecule has 152 valence electrons. The molecule has 1 fully saturated rings. The first kappa shape index (κ1) is 20.0. The monoisotopic (exact) mass is 394 g/mol. The zero-order chi connectivity index (χ0) is 20.3. The summed E-state index contributed by atoms with van der Waals surface area (Å²) >= 11 is 0. The number of fused-ring (bicyclic) bond motifs is 2. The molecule has 2 N–H and O–H groups in total. The van der Waals surface area contributed by atoms with Gasteiger partial charge in [-0.25, -0.2) is 9.38 Å². The van der Waals surface area contributed by atoms with Crippen LogP contribution < -0.4 is 10.2 Å². The van der Waals surface area contributed by atoms with Gasteiger partial charge in [-0.05, 0) is 25.5 Å². The van der Waals surface area contributed by atoms with Crippen LogP contribution in [0.4, 0.5) is 10.1 Å². The SMILES string of the molecule is CCN(C)C(=O)CCCOOc1ccc2c(c1F)CN1C(=N2)NC(=O)C1CO. The Kier molecular flexibility index (Phi) is 6.10. The fourth-order valence-electron chi connectivity index (χ4n) is 2.96. The zero-order valence-corrected chi connectivity index (χ0v) is 15.8. The van der Waals surface area contributed by atoms with E-state index in [4.69, 9.17) is 9.78 Å². The number of aliphatic imine (C=N–C) groups is 1. The van der Waals surface area contributed by atoms with Gasteiger partial charge in [-0.15, -0.1) is 0 Å². The minimum absolute atomic E-state index is 0.00642. The number of carbonyl (C=O) groups excluding carboxylic acids is 2. The topological polar surface area (TPSA) is 104 Å². The maximum Gasteiger partial charge on any atom is 0.251 e. The Hall–Kier alpha value is -2.72. The predicted octanol–water partition coefficient (Wildman–Crippen LogP) is 0.688. The van der Waals surface area contributed by atoms with Crippen molar-refractivity contribution in [3.8, 4) is 5.75 Å². The van der Waals surface area contributed by atoms with E-state index < -0.39 is 18.5 Å². The summed E-state index contributed by atoms with van der Waals surface area (Å²) in [6.07, 6.45) is 0.763. The number of hydrogen-bond donors (Lipinski definition) is 2. The second-order valence-electron chi connectivity index (χ2n) is 6.54. The third kappa shape index (κ3) is 3.92. The third-order valence-electron chi connectivity index (χ3n) is 4.76. The zero-order valence-electron chi connectivity index (χ0n) is 15.8. The summed E-state index contributed by atoms with van der Waals surface area (Å²) in [6.45, 7) is 2.33. The van der Waals surface area contributed by atoms with Crippen molar-refractivity contribution in [1.29, 1.82) is 0 Å². The number of rotatable bonds is 8. The Morgan fingerprint density at radius 2 is 2.29 bits per heavy atom. The number of halogens is 1. The number of hydrogen-bond acceptors (Lipinski definition) is 7. The average molecular weight is 394 g/mol. The summed E-state index contributed by atoms with van der Waals surface area (Å²) in [5, 5.41) is 11.9. The molecule has 0 aromatic heterocycles.